The molecule has 1 atom stereocenters. The Morgan fingerprint density at radius 1 is 1.35 bits per heavy atom. The summed E-state index contributed by atoms with van der Waals surface area (Å²) in [4.78, 5) is 24.5. The highest BCUT2D eigenvalue weighted by atomic mass is 16.5. The van der Waals surface area contributed by atoms with E-state index in [1.54, 1.807) is 0 Å². The third-order valence-corrected chi connectivity index (χ3v) is 3.35. The van der Waals surface area contributed by atoms with Gasteiger partial charge in [-0.3, -0.25) is 0 Å². The molecule has 0 aliphatic carbocycles. The molecule has 1 rings (SSSR count). The minimum atomic E-state index is -0.912. The second-order valence-electron chi connectivity index (χ2n) is 5.40. The zero-order valence-electron chi connectivity index (χ0n) is 12.4. The number of amides is 2. The number of nitrogens with zero attached hydrogens (tertiary/aromatic N) is 1. The molecule has 20 heavy (non-hydrogen) atoms. The summed E-state index contributed by atoms with van der Waals surface area (Å²) in [5.74, 6) is -0.912. The number of carboxylic acids is 1. The molecule has 1 aliphatic heterocycles. The van der Waals surface area contributed by atoms with Crippen molar-refractivity contribution in [2.75, 3.05) is 19.7 Å². The van der Waals surface area contributed by atoms with Crippen molar-refractivity contribution in [3.8, 4) is 0 Å². The van der Waals surface area contributed by atoms with Crippen LogP contribution < -0.4 is 5.32 Å². The lowest BCUT2D eigenvalue weighted by Gasteiger charge is -2.32. The van der Waals surface area contributed by atoms with Crippen LogP contribution in [0.25, 0.3) is 0 Å². The van der Waals surface area contributed by atoms with Crippen molar-refractivity contribution in [1.82, 2.24) is 10.2 Å². The Bertz CT molecular complexity index is 320. The van der Waals surface area contributed by atoms with Gasteiger partial charge in [0.05, 0.1) is 6.10 Å². The molecule has 116 valence electrons. The number of unbranched alkanes of at least 4 members (excludes halogenated alkanes) is 1. The van der Waals surface area contributed by atoms with Crippen molar-refractivity contribution in [3.05, 3.63) is 0 Å². The summed E-state index contributed by atoms with van der Waals surface area (Å²) in [5.41, 5.74) is 0. The van der Waals surface area contributed by atoms with Crippen LogP contribution in [0.4, 0.5) is 4.79 Å². The van der Waals surface area contributed by atoms with Crippen LogP contribution in [0.2, 0.25) is 0 Å². The molecule has 6 heteroatoms. The summed E-state index contributed by atoms with van der Waals surface area (Å²) in [6.07, 6.45) is 4.25. The first kappa shape index (κ1) is 16.8. The van der Waals surface area contributed by atoms with E-state index in [-0.39, 0.29) is 12.1 Å². The number of urea groups is 1. The van der Waals surface area contributed by atoms with Gasteiger partial charge in [0.2, 0.25) is 0 Å². The third-order valence-electron chi connectivity index (χ3n) is 3.35. The van der Waals surface area contributed by atoms with Crippen LogP contribution in [-0.2, 0) is 9.53 Å². The third kappa shape index (κ3) is 5.77. The highest BCUT2D eigenvalue weighted by Crippen LogP contribution is 2.17. The molecule has 0 bridgehead atoms. The smallest absolute Gasteiger partial charge is 0.326 e. The zero-order chi connectivity index (χ0) is 15.0. The fourth-order valence-electron chi connectivity index (χ4n) is 2.27. The van der Waals surface area contributed by atoms with E-state index in [4.69, 9.17) is 9.84 Å². The molecule has 0 aromatic heterocycles. The van der Waals surface area contributed by atoms with Crippen LogP contribution in [-0.4, -0.2) is 53.8 Å². The van der Waals surface area contributed by atoms with E-state index in [0.717, 1.165) is 25.7 Å². The Labute approximate surface area is 120 Å². The largest absolute Gasteiger partial charge is 0.480 e. The van der Waals surface area contributed by atoms with Crippen LogP contribution in [0.3, 0.4) is 0 Å². The van der Waals surface area contributed by atoms with E-state index >= 15 is 0 Å². The van der Waals surface area contributed by atoms with Crippen molar-refractivity contribution < 1.29 is 19.4 Å². The van der Waals surface area contributed by atoms with Crippen LogP contribution in [0, 0.1) is 0 Å². The number of hydrogen-bond acceptors (Lipinski definition) is 3. The molecule has 1 heterocycles. The van der Waals surface area contributed by atoms with Gasteiger partial charge in [0.15, 0.2) is 0 Å². The van der Waals surface area contributed by atoms with Crippen molar-refractivity contribution >= 4 is 12.0 Å². The van der Waals surface area contributed by atoms with E-state index in [0.29, 0.717) is 26.1 Å². The number of carbonyl (C=O) groups excluding carboxylic acids is 1. The Balaban J connectivity index is 2.22. The fraction of sp³-hybridized carbons (Fsp3) is 0.857. The van der Waals surface area contributed by atoms with E-state index in [9.17, 15) is 9.59 Å². The van der Waals surface area contributed by atoms with Gasteiger partial charge in [0, 0.05) is 19.7 Å². The first-order valence-corrected chi connectivity index (χ1v) is 7.41. The number of carbonyl (C=O) groups is 2. The molecule has 6 nitrogen and oxygen atoms in total. The molecule has 1 aliphatic rings. The number of ether oxygens (including phenoxy) is 1. The van der Waals surface area contributed by atoms with Crippen molar-refractivity contribution in [3.63, 3.8) is 0 Å². The fourth-order valence-corrected chi connectivity index (χ4v) is 2.27. The number of carboxylic acid groups (broad SMARTS) is 1. The summed E-state index contributed by atoms with van der Waals surface area (Å²) in [5, 5.41) is 11.9. The summed E-state index contributed by atoms with van der Waals surface area (Å²) in [6, 6.07) is -0.935. The van der Waals surface area contributed by atoms with Gasteiger partial charge in [-0.1, -0.05) is 0 Å². The second kappa shape index (κ2) is 8.79. The van der Waals surface area contributed by atoms with Gasteiger partial charge in [-0.15, -0.1) is 0 Å². The molecule has 0 aromatic carbocycles. The second-order valence-corrected chi connectivity index (χ2v) is 5.40. The quantitative estimate of drug-likeness (QED) is 0.700. The monoisotopic (exact) mass is 286 g/mol. The summed E-state index contributed by atoms with van der Waals surface area (Å²) in [7, 11) is 0. The van der Waals surface area contributed by atoms with Gasteiger partial charge in [0.1, 0.15) is 6.04 Å². The molecule has 1 fully saturated rings. The lowest BCUT2D eigenvalue weighted by Crippen LogP contribution is -2.52. The van der Waals surface area contributed by atoms with Crippen LogP contribution in [0.15, 0.2) is 0 Å². The number of hydrogen-bond donors (Lipinski definition) is 2. The minimum Gasteiger partial charge on any atom is -0.480 e. The molecule has 2 amide bonds. The zero-order valence-corrected chi connectivity index (χ0v) is 12.4. The Kier molecular flexibility index (Phi) is 7.36. The summed E-state index contributed by atoms with van der Waals surface area (Å²) < 4.78 is 5.41. The summed E-state index contributed by atoms with van der Waals surface area (Å²) >= 11 is 0. The first-order valence-electron chi connectivity index (χ1n) is 7.41. The topological polar surface area (TPSA) is 78.9 Å². The van der Waals surface area contributed by atoms with Gasteiger partial charge in [-0.25, -0.2) is 9.59 Å². The van der Waals surface area contributed by atoms with Gasteiger partial charge < -0.3 is 20.1 Å². The molecular formula is C14H26N2O4. The number of rotatable bonds is 7. The van der Waals surface area contributed by atoms with E-state index in [2.05, 4.69) is 5.32 Å². The number of likely N-dealkylation sites (tertiary alicyclic amines) is 1. The van der Waals surface area contributed by atoms with E-state index in [1.165, 1.54) is 4.90 Å². The van der Waals surface area contributed by atoms with Gasteiger partial charge in [-0.05, 0) is 46.0 Å². The molecular weight excluding hydrogens is 260 g/mol. The Morgan fingerprint density at radius 3 is 2.75 bits per heavy atom. The van der Waals surface area contributed by atoms with Crippen molar-refractivity contribution in [2.45, 2.75) is 58.1 Å². The van der Waals surface area contributed by atoms with Crippen molar-refractivity contribution in [1.29, 1.82) is 0 Å². The molecule has 1 saturated heterocycles. The highest BCUT2D eigenvalue weighted by molar-refractivity contribution is 5.82. The number of nitrogens with one attached hydrogen (secondary N) is 1. The van der Waals surface area contributed by atoms with E-state index < -0.39 is 12.0 Å². The molecule has 0 spiro atoms. The number of piperidine rings is 1. The van der Waals surface area contributed by atoms with Gasteiger partial charge in [0.25, 0.3) is 0 Å². The van der Waals surface area contributed by atoms with Crippen LogP contribution in [0.1, 0.15) is 46.0 Å². The molecule has 0 radical (unpaired) electrons. The maximum Gasteiger partial charge on any atom is 0.326 e. The van der Waals surface area contributed by atoms with Gasteiger partial charge >= 0.3 is 12.0 Å². The average molecular weight is 286 g/mol. The van der Waals surface area contributed by atoms with Crippen LogP contribution in [0.5, 0.6) is 0 Å². The lowest BCUT2D eigenvalue weighted by atomic mass is 10.0. The van der Waals surface area contributed by atoms with Crippen molar-refractivity contribution in [2.24, 2.45) is 0 Å². The van der Waals surface area contributed by atoms with Gasteiger partial charge in [-0.2, -0.15) is 0 Å². The maximum absolute atomic E-state index is 12.0. The maximum atomic E-state index is 12.0. The van der Waals surface area contributed by atoms with Crippen LogP contribution >= 0.6 is 0 Å². The standard InChI is InChI=1S/C14H26N2O4/c1-11(2)20-10-6-4-8-15-14(19)16-9-5-3-7-12(16)13(17)18/h11-12H,3-10H2,1-2H3,(H,15,19)(H,17,18). The Morgan fingerprint density at radius 2 is 2.10 bits per heavy atom. The molecule has 2 N–H and O–H groups in total. The van der Waals surface area contributed by atoms with E-state index in [1.807, 2.05) is 13.8 Å². The number of aliphatic carboxylic acids is 1. The molecule has 0 saturated carbocycles. The lowest BCUT2D eigenvalue weighted by molar-refractivity contribution is -0.143. The Hall–Kier alpha value is -1.30. The predicted molar refractivity (Wildman–Crippen MR) is 75.7 cm³/mol. The highest BCUT2D eigenvalue weighted by Gasteiger charge is 2.31. The summed E-state index contributed by atoms with van der Waals surface area (Å²) in [6.45, 7) is 5.76. The SMILES string of the molecule is CC(C)OCCCCNC(=O)N1CCCCC1C(=O)O. The molecule has 1 unspecified atom stereocenters. The minimum absolute atomic E-state index is 0.231. The normalized spacial score (nSPS) is 19.1. The predicted octanol–water partition coefficient (Wildman–Crippen LogP) is 1.84. The first-order chi connectivity index (χ1) is 9.52. The molecule has 0 aromatic rings. The average Bonchev–Trinajstić information content (AvgIpc) is 2.42.